The van der Waals surface area contributed by atoms with Crippen LogP contribution in [0.5, 0.6) is 0 Å². The first-order valence-electron chi connectivity index (χ1n) is 8.04. The summed E-state index contributed by atoms with van der Waals surface area (Å²) in [7, 11) is 2.03. The topological polar surface area (TPSA) is 54.4 Å². The molecular formula is C17H23N5O. The number of ether oxygens (including phenoxy) is 1. The third kappa shape index (κ3) is 4.71. The van der Waals surface area contributed by atoms with E-state index < -0.39 is 0 Å². The molecule has 1 fully saturated rings. The molecule has 0 radical (unpaired) electrons. The molecule has 0 saturated carbocycles. The summed E-state index contributed by atoms with van der Waals surface area (Å²) in [6.45, 7) is 4.54. The largest absolute Gasteiger partial charge is 0.374 e. The van der Waals surface area contributed by atoms with E-state index in [0.717, 1.165) is 50.7 Å². The van der Waals surface area contributed by atoms with E-state index in [1.54, 1.807) is 6.20 Å². The molecule has 0 amide bonds. The van der Waals surface area contributed by atoms with Crippen LogP contribution in [0.1, 0.15) is 5.69 Å². The molecule has 23 heavy (non-hydrogen) atoms. The molecule has 3 rings (SSSR count). The number of morpholine rings is 1. The lowest BCUT2D eigenvalue weighted by molar-refractivity contribution is -0.0231. The van der Waals surface area contributed by atoms with E-state index in [-0.39, 0.29) is 6.10 Å². The maximum Gasteiger partial charge on any atom is 0.151 e. The second-order valence-corrected chi connectivity index (χ2v) is 5.83. The number of nitrogens with zero attached hydrogens (tertiary/aromatic N) is 5. The van der Waals surface area contributed by atoms with E-state index in [4.69, 9.17) is 4.74 Å². The highest BCUT2D eigenvalue weighted by molar-refractivity contribution is 5.35. The van der Waals surface area contributed by atoms with E-state index in [1.165, 1.54) is 0 Å². The van der Waals surface area contributed by atoms with Crippen LogP contribution in [0, 0.1) is 0 Å². The van der Waals surface area contributed by atoms with Crippen molar-refractivity contribution in [1.82, 2.24) is 20.1 Å². The lowest BCUT2D eigenvalue weighted by Gasteiger charge is -2.34. The van der Waals surface area contributed by atoms with Crippen molar-refractivity contribution in [3.8, 4) is 0 Å². The summed E-state index contributed by atoms with van der Waals surface area (Å²) in [5.74, 6) is 0.877. The fraction of sp³-hybridized carbons (Fsp3) is 0.471. The second kappa shape index (κ2) is 7.99. The van der Waals surface area contributed by atoms with Crippen molar-refractivity contribution in [3.63, 3.8) is 0 Å². The van der Waals surface area contributed by atoms with Crippen molar-refractivity contribution >= 4 is 5.82 Å². The molecule has 0 aliphatic carbocycles. The van der Waals surface area contributed by atoms with Crippen molar-refractivity contribution in [2.24, 2.45) is 0 Å². The zero-order valence-corrected chi connectivity index (χ0v) is 13.5. The SMILES string of the molecule is CN(C[C@H]1CN(CCc2ccccn2)CCO1)c1cccnn1. The molecule has 2 aromatic heterocycles. The second-order valence-electron chi connectivity index (χ2n) is 5.83. The highest BCUT2D eigenvalue weighted by atomic mass is 16.5. The Kier molecular flexibility index (Phi) is 5.50. The molecule has 1 aliphatic rings. The molecule has 0 unspecified atom stereocenters. The number of likely N-dealkylation sites (N-methyl/N-ethyl adjacent to an activating group) is 1. The normalized spacial score (nSPS) is 18.7. The Balaban J connectivity index is 1.48. The van der Waals surface area contributed by atoms with Gasteiger partial charge in [0.1, 0.15) is 0 Å². The summed E-state index contributed by atoms with van der Waals surface area (Å²) in [4.78, 5) is 8.94. The monoisotopic (exact) mass is 313 g/mol. The molecule has 1 saturated heterocycles. The maximum atomic E-state index is 5.91. The summed E-state index contributed by atoms with van der Waals surface area (Å²) < 4.78 is 5.91. The van der Waals surface area contributed by atoms with Crippen LogP contribution in [-0.4, -0.2) is 66.0 Å². The van der Waals surface area contributed by atoms with Gasteiger partial charge in [-0.25, -0.2) is 0 Å². The predicted octanol–water partition coefficient (Wildman–Crippen LogP) is 1.25. The van der Waals surface area contributed by atoms with Crippen LogP contribution in [0.15, 0.2) is 42.7 Å². The smallest absolute Gasteiger partial charge is 0.151 e. The highest BCUT2D eigenvalue weighted by Crippen LogP contribution is 2.11. The Labute approximate surface area is 137 Å². The van der Waals surface area contributed by atoms with Crippen molar-refractivity contribution < 1.29 is 4.74 Å². The first-order valence-corrected chi connectivity index (χ1v) is 8.04. The Morgan fingerprint density at radius 2 is 2.22 bits per heavy atom. The summed E-state index contributed by atoms with van der Waals surface area (Å²) in [6, 6.07) is 9.95. The first kappa shape index (κ1) is 15.8. The van der Waals surface area contributed by atoms with Gasteiger partial charge in [0, 0.05) is 57.7 Å². The lowest BCUT2D eigenvalue weighted by Crippen LogP contribution is -2.47. The number of hydrogen-bond donors (Lipinski definition) is 0. The van der Waals surface area contributed by atoms with Crippen LogP contribution < -0.4 is 4.90 Å². The minimum atomic E-state index is 0.194. The van der Waals surface area contributed by atoms with Crippen LogP contribution >= 0.6 is 0 Å². The van der Waals surface area contributed by atoms with Gasteiger partial charge in [-0.05, 0) is 24.3 Å². The molecule has 1 aliphatic heterocycles. The minimum absolute atomic E-state index is 0.194. The third-order valence-corrected chi connectivity index (χ3v) is 4.06. The molecule has 3 heterocycles. The van der Waals surface area contributed by atoms with Gasteiger partial charge in [-0.3, -0.25) is 9.88 Å². The number of anilines is 1. The number of rotatable bonds is 6. The standard InChI is InChI=1S/C17H23N5O/c1-21(17-6-4-9-19-20-17)13-16-14-22(11-12-23-16)10-7-15-5-2-3-8-18-15/h2-6,8-9,16H,7,10-14H2,1H3/t16-/m0/s1. The molecule has 0 aromatic carbocycles. The van der Waals surface area contributed by atoms with E-state index in [1.807, 2.05) is 37.5 Å². The Hall–Kier alpha value is -2.05. The average molecular weight is 313 g/mol. The Morgan fingerprint density at radius 3 is 3.00 bits per heavy atom. The molecular weight excluding hydrogens is 290 g/mol. The van der Waals surface area contributed by atoms with Gasteiger partial charge in [-0.2, -0.15) is 5.10 Å². The molecule has 1 atom stereocenters. The van der Waals surface area contributed by atoms with Crippen LogP contribution in [0.3, 0.4) is 0 Å². The van der Waals surface area contributed by atoms with Crippen molar-refractivity contribution in [3.05, 3.63) is 48.4 Å². The summed E-state index contributed by atoms with van der Waals surface area (Å²) >= 11 is 0. The summed E-state index contributed by atoms with van der Waals surface area (Å²) in [5.41, 5.74) is 1.15. The zero-order chi connectivity index (χ0) is 15.9. The quantitative estimate of drug-likeness (QED) is 0.800. The Bertz CT molecular complexity index is 580. The van der Waals surface area contributed by atoms with Crippen LogP contribution in [0.25, 0.3) is 0 Å². The van der Waals surface area contributed by atoms with Crippen LogP contribution in [0.2, 0.25) is 0 Å². The number of pyridine rings is 1. The fourth-order valence-corrected chi connectivity index (χ4v) is 2.81. The van der Waals surface area contributed by atoms with Gasteiger partial charge in [0.05, 0.1) is 12.7 Å². The third-order valence-electron chi connectivity index (χ3n) is 4.06. The molecule has 0 bridgehead atoms. The summed E-state index contributed by atoms with van der Waals surface area (Å²) in [6.07, 6.45) is 4.72. The van der Waals surface area contributed by atoms with E-state index in [2.05, 4.69) is 31.0 Å². The number of hydrogen-bond acceptors (Lipinski definition) is 6. The molecule has 122 valence electrons. The van der Waals surface area contributed by atoms with Gasteiger partial charge in [-0.1, -0.05) is 6.07 Å². The van der Waals surface area contributed by atoms with Crippen molar-refractivity contribution in [2.45, 2.75) is 12.5 Å². The van der Waals surface area contributed by atoms with Gasteiger partial charge < -0.3 is 9.64 Å². The van der Waals surface area contributed by atoms with Gasteiger partial charge in [0.25, 0.3) is 0 Å². The molecule has 0 N–H and O–H groups in total. The van der Waals surface area contributed by atoms with Crippen LogP contribution in [-0.2, 0) is 11.2 Å². The number of aromatic nitrogens is 3. The average Bonchev–Trinajstić information content (AvgIpc) is 2.62. The van der Waals surface area contributed by atoms with Crippen LogP contribution in [0.4, 0.5) is 5.82 Å². The van der Waals surface area contributed by atoms with Gasteiger partial charge in [-0.15, -0.1) is 5.10 Å². The van der Waals surface area contributed by atoms with E-state index >= 15 is 0 Å². The van der Waals surface area contributed by atoms with Gasteiger partial charge >= 0.3 is 0 Å². The van der Waals surface area contributed by atoms with Crippen molar-refractivity contribution in [1.29, 1.82) is 0 Å². The molecule has 6 heteroatoms. The maximum absolute atomic E-state index is 5.91. The lowest BCUT2D eigenvalue weighted by atomic mass is 10.2. The van der Waals surface area contributed by atoms with E-state index in [0.29, 0.717) is 0 Å². The predicted molar refractivity (Wildman–Crippen MR) is 89.4 cm³/mol. The minimum Gasteiger partial charge on any atom is -0.374 e. The van der Waals surface area contributed by atoms with Gasteiger partial charge in [0.2, 0.25) is 0 Å². The van der Waals surface area contributed by atoms with E-state index in [9.17, 15) is 0 Å². The molecule has 0 spiro atoms. The molecule has 2 aromatic rings. The highest BCUT2D eigenvalue weighted by Gasteiger charge is 2.22. The molecule has 6 nitrogen and oxygen atoms in total. The van der Waals surface area contributed by atoms with Crippen molar-refractivity contribution in [2.75, 3.05) is 44.7 Å². The first-order chi connectivity index (χ1) is 11.3. The zero-order valence-electron chi connectivity index (χ0n) is 13.5. The Morgan fingerprint density at radius 1 is 1.26 bits per heavy atom. The summed E-state index contributed by atoms with van der Waals surface area (Å²) in [5, 5.41) is 8.06. The van der Waals surface area contributed by atoms with Gasteiger partial charge in [0.15, 0.2) is 5.82 Å². The fourth-order valence-electron chi connectivity index (χ4n) is 2.81.